The number of carbonyl (C=O) groups excluding carboxylic acids is 3. The van der Waals surface area contributed by atoms with Crippen LogP contribution in [0.25, 0.3) is 0 Å². The fourth-order valence-electron chi connectivity index (χ4n) is 25.8. The summed E-state index contributed by atoms with van der Waals surface area (Å²) in [5, 5.41) is 84.9. The molecule has 19 heteroatoms. The number of alkyl halides is 1. The zero-order valence-corrected chi connectivity index (χ0v) is 60.2. The Morgan fingerprint density at radius 2 is 0.845 bits per heavy atom. The number of carbonyl (C=O) groups is 3. The largest absolute Gasteiger partial charge is 0.390 e. The van der Waals surface area contributed by atoms with Crippen LogP contribution in [0.3, 0.4) is 0 Å². The number of ketones is 3. The zero-order chi connectivity index (χ0) is 67.2. The number of nitrogens with one attached hydrogen (secondary N) is 1. The third-order valence-corrected chi connectivity index (χ3v) is 31.4. The molecular formula is C78H130BrN9O9. The van der Waals surface area contributed by atoms with Crippen molar-refractivity contribution in [1.82, 2.24) is 45.4 Å². The predicted octanol–water partition coefficient (Wildman–Crippen LogP) is 14.1. The van der Waals surface area contributed by atoms with Gasteiger partial charge in [0.25, 0.3) is 0 Å². The molecule has 3 aromatic heterocycles. The quantitative estimate of drug-likeness (QED) is 0.0879. The second kappa shape index (κ2) is 29.4. The molecule has 0 aliphatic heterocycles. The Morgan fingerprint density at radius 1 is 0.464 bits per heavy atom. The van der Waals surface area contributed by atoms with E-state index < -0.39 is 16.8 Å². The first-order chi connectivity index (χ1) is 44.5. The van der Waals surface area contributed by atoms with Gasteiger partial charge >= 0.3 is 0 Å². The molecule has 12 saturated carbocycles. The SMILES string of the molecule is C.C.C.C[C@@]1(O)CC[C@@]2(C)[C@H](CC[C@@H]3[C@@H]2CC[C@]2(C)[C@@H](C(=O)CBr)CC[C@@H]32)C1.C[C@@]1(O)CC[C@@]2(C)[C@H](CC[C@@H]3[C@@H]2CC[C@]2(C)[C@@H](C(=O)Cn4cc(CO)nn4)CC[C@@H]32)C1.C[C@@]1(O)CC[C@@]2(C)[C@H](CC[C@@H]3[C@@H]2CC[C@]2(C)[C@@H](C(=O)Cn4ncc(CO)n4)CC[C@@H]32)C1.OCc1cn[nH]n1. The molecule has 0 aromatic carbocycles. The molecule has 12 aliphatic rings. The minimum atomic E-state index is -0.485. The van der Waals surface area contributed by atoms with Crippen molar-refractivity contribution in [2.24, 2.45) is 121 Å². The van der Waals surface area contributed by atoms with Crippen molar-refractivity contribution >= 4 is 33.3 Å². The van der Waals surface area contributed by atoms with Gasteiger partial charge in [-0.3, -0.25) is 14.4 Å². The number of hydrogen-bond donors (Lipinski definition) is 7. The lowest BCUT2D eigenvalue weighted by molar-refractivity contribution is -0.151. The maximum Gasteiger partial charge on any atom is 0.159 e. The van der Waals surface area contributed by atoms with E-state index in [1.807, 2.05) is 20.8 Å². The molecule has 0 saturated heterocycles. The van der Waals surface area contributed by atoms with Gasteiger partial charge in [-0.05, 0) is 298 Å². The van der Waals surface area contributed by atoms with Crippen LogP contribution in [0, 0.1) is 121 Å². The number of rotatable bonds is 11. The van der Waals surface area contributed by atoms with Crippen LogP contribution in [0.5, 0.6) is 0 Å². The van der Waals surface area contributed by atoms with Crippen molar-refractivity contribution in [1.29, 1.82) is 0 Å². The summed E-state index contributed by atoms with van der Waals surface area (Å²) in [4.78, 5) is 40.6. The Hall–Kier alpha value is -3.33. The van der Waals surface area contributed by atoms with Crippen LogP contribution in [0.2, 0.25) is 0 Å². The summed E-state index contributed by atoms with van der Waals surface area (Å²) in [6.07, 6.45) is 35.6. The first-order valence-electron chi connectivity index (χ1n) is 37.2. The Morgan fingerprint density at radius 3 is 1.19 bits per heavy atom. The van der Waals surface area contributed by atoms with Gasteiger partial charge in [0.05, 0.1) is 60.5 Å². The number of hydrogen-bond acceptors (Lipinski definition) is 15. The maximum absolute atomic E-state index is 13.3. The van der Waals surface area contributed by atoms with Crippen molar-refractivity contribution < 1.29 is 45.0 Å². The van der Waals surface area contributed by atoms with Gasteiger partial charge in [0.1, 0.15) is 36.0 Å². The van der Waals surface area contributed by atoms with Gasteiger partial charge in [0.2, 0.25) is 0 Å². The van der Waals surface area contributed by atoms with Crippen molar-refractivity contribution in [3.8, 4) is 0 Å². The molecule has 548 valence electrons. The molecule has 0 unspecified atom stereocenters. The minimum Gasteiger partial charge on any atom is -0.390 e. The van der Waals surface area contributed by atoms with Gasteiger partial charge in [-0.15, -0.1) is 5.10 Å². The lowest BCUT2D eigenvalue weighted by atomic mass is 9.44. The van der Waals surface area contributed by atoms with E-state index in [0.717, 1.165) is 125 Å². The fraction of sp³-hybridized carbons (Fsp3) is 0.885. The van der Waals surface area contributed by atoms with E-state index in [0.29, 0.717) is 74.0 Å². The first kappa shape index (κ1) is 77.8. The number of aromatic nitrogens is 9. The molecule has 7 N–H and O–H groups in total. The first-order valence-corrected chi connectivity index (χ1v) is 38.4. The van der Waals surface area contributed by atoms with E-state index in [-0.39, 0.29) is 101 Å². The minimum absolute atomic E-state index is 0. The number of fused-ring (bicyclic) bond motifs is 15. The van der Waals surface area contributed by atoms with Crippen molar-refractivity contribution in [3.05, 3.63) is 35.7 Å². The van der Waals surface area contributed by atoms with Crippen LogP contribution in [-0.2, 0) is 47.3 Å². The summed E-state index contributed by atoms with van der Waals surface area (Å²) in [7, 11) is 0. The molecule has 12 fully saturated rings. The number of aliphatic hydroxyl groups excluding tert-OH is 3. The molecule has 3 heterocycles. The van der Waals surface area contributed by atoms with Gasteiger partial charge in [0, 0.05) is 17.8 Å². The Bertz CT molecular complexity index is 3010. The summed E-state index contributed by atoms with van der Waals surface area (Å²) in [5.41, 5.74) is 1.76. The highest BCUT2D eigenvalue weighted by Crippen LogP contribution is 2.72. The number of aliphatic hydroxyl groups is 6. The summed E-state index contributed by atoms with van der Waals surface area (Å²) >= 11 is 3.43. The highest BCUT2D eigenvalue weighted by molar-refractivity contribution is 9.09. The van der Waals surface area contributed by atoms with Crippen LogP contribution in [-0.4, -0.2) is 116 Å². The van der Waals surface area contributed by atoms with Crippen molar-refractivity contribution in [3.63, 3.8) is 0 Å². The summed E-state index contributed by atoms with van der Waals surface area (Å²) in [5.74, 6) is 10.1. The van der Waals surface area contributed by atoms with Crippen LogP contribution < -0.4 is 0 Å². The van der Waals surface area contributed by atoms with Crippen LogP contribution >= 0.6 is 15.9 Å². The van der Waals surface area contributed by atoms with Crippen molar-refractivity contribution in [2.75, 3.05) is 5.33 Å². The van der Waals surface area contributed by atoms with Gasteiger partial charge in [-0.1, -0.05) is 85.0 Å². The van der Waals surface area contributed by atoms with Gasteiger partial charge in [-0.2, -0.15) is 30.4 Å². The monoisotopic (exact) mass is 1420 g/mol. The number of Topliss-reactive ketones (excluding diaryl/α,β-unsaturated/α-hetero) is 3. The smallest absolute Gasteiger partial charge is 0.159 e. The number of halogens is 1. The standard InChI is InChI=1S/2C25H39N3O3.C22H35BrO2.C3H5N3O.3CH4/c1-23(31)10-11-24(2)16(12-23)4-5-18-19-6-7-21(25(19,3)9-8-20(18)24)22(30)14-28-13-17(15-29)26-27-28;1-23(31)10-11-24(2)16(12-23)4-5-18-19-6-7-21(25(19,3)9-8-20(18)24)22(30)14-28-26-13-17(15-29)27-28;1-20(25)10-11-21(2)14(12-20)4-5-15-16-6-7-18(19(24)13-23)22(16,3)9-8-17(15)21;7-2-3-1-4-6-5-3;;;/h2*13,16,18-21,29,31H,4-12,14-15H2,1-3H3;14-18,25H,4-13H2,1-3H3;1,7H,2H2,(H,4,5,6);3*1H4/t2*16-,18+,19+,20+,21-,23-,24+,25+;14-,15+,16+,17+,18-,20-,21+,22+;;;;/m111..../s1. The molecule has 18 nitrogen and oxygen atoms in total. The third kappa shape index (κ3) is 14.4. The van der Waals surface area contributed by atoms with Gasteiger partial charge in [0.15, 0.2) is 11.6 Å². The molecule has 3 aromatic rings. The Labute approximate surface area is 590 Å². The second-order valence-corrected chi connectivity index (χ2v) is 36.4. The lowest BCUT2D eigenvalue weighted by Gasteiger charge is -2.61. The molecule has 0 amide bonds. The molecule has 12 aliphatic carbocycles. The topological polar surface area (TPSA) is 276 Å². The highest BCUT2D eigenvalue weighted by atomic mass is 79.9. The molecule has 0 spiro atoms. The van der Waals surface area contributed by atoms with E-state index >= 15 is 0 Å². The van der Waals surface area contributed by atoms with Crippen LogP contribution in [0.15, 0.2) is 18.6 Å². The Kier molecular flexibility index (Phi) is 23.6. The average molecular weight is 1420 g/mol. The number of aromatic amines is 1. The van der Waals surface area contributed by atoms with Crippen LogP contribution in [0.4, 0.5) is 0 Å². The molecular weight excluding hydrogens is 1290 g/mol. The molecule has 0 radical (unpaired) electrons. The number of H-pyrrole nitrogens is 1. The highest BCUT2D eigenvalue weighted by Gasteiger charge is 2.65. The van der Waals surface area contributed by atoms with E-state index in [1.54, 1.807) is 17.1 Å². The zero-order valence-electron chi connectivity index (χ0n) is 58.6. The van der Waals surface area contributed by atoms with E-state index in [2.05, 4.69) is 93.4 Å². The average Bonchev–Trinajstić information content (AvgIpc) is 1.72. The van der Waals surface area contributed by atoms with E-state index in [9.17, 15) is 39.9 Å². The molecule has 15 rings (SSSR count). The normalized spacial score (nSPS) is 44.8. The lowest BCUT2D eigenvalue weighted by Crippen LogP contribution is -2.55. The van der Waals surface area contributed by atoms with Gasteiger partial charge in [-0.25, -0.2) is 4.68 Å². The third-order valence-electron chi connectivity index (χ3n) is 30.9. The second-order valence-electron chi connectivity index (χ2n) is 35.8. The maximum atomic E-state index is 13.3. The van der Waals surface area contributed by atoms with Crippen molar-refractivity contribution in [2.45, 2.75) is 308 Å². The molecule has 97 heavy (non-hydrogen) atoms. The van der Waals surface area contributed by atoms with Crippen LogP contribution in [0.1, 0.15) is 275 Å². The summed E-state index contributed by atoms with van der Waals surface area (Å²) in [6, 6.07) is 0. The molecule has 24 atom stereocenters. The Balaban J connectivity index is 0.000000160. The predicted molar refractivity (Wildman–Crippen MR) is 381 cm³/mol. The summed E-state index contributed by atoms with van der Waals surface area (Å²) < 4.78 is 1.59. The fourth-order valence-corrected chi connectivity index (χ4v) is 26.2. The van der Waals surface area contributed by atoms with Gasteiger partial charge < -0.3 is 30.6 Å². The van der Waals surface area contributed by atoms with E-state index in [1.165, 1.54) is 101 Å². The van der Waals surface area contributed by atoms with E-state index in [4.69, 9.17) is 5.11 Å². The molecule has 0 bridgehead atoms. The number of nitrogens with zero attached hydrogens (tertiary/aromatic N) is 8. The summed E-state index contributed by atoms with van der Waals surface area (Å²) in [6.45, 7) is 21.1.